The molecule has 2 aliphatic rings. The second-order valence-electron chi connectivity index (χ2n) is 6.97. The summed E-state index contributed by atoms with van der Waals surface area (Å²) in [5.41, 5.74) is 4.00. The molecule has 0 radical (unpaired) electrons. The minimum atomic E-state index is -2.85. The maximum atomic E-state index is 12.4. The molecule has 0 aromatic heterocycles. The van der Waals surface area contributed by atoms with Gasteiger partial charge in [0.1, 0.15) is 11.5 Å². The van der Waals surface area contributed by atoms with Crippen LogP contribution in [0.5, 0.6) is 11.5 Å². The lowest BCUT2D eigenvalue weighted by Gasteiger charge is -2.38. The Morgan fingerprint density at radius 2 is 1.66 bits per heavy atom. The highest BCUT2D eigenvalue weighted by Crippen LogP contribution is 2.47. The van der Waals surface area contributed by atoms with Crippen LogP contribution in [0.15, 0.2) is 84.0 Å². The Kier molecular flexibility index (Phi) is 4.39. The summed E-state index contributed by atoms with van der Waals surface area (Å²) in [5.74, 6) is 0.933. The quantitative estimate of drug-likeness (QED) is 0.585. The molecule has 0 aliphatic carbocycles. The van der Waals surface area contributed by atoms with Gasteiger partial charge in [0.25, 0.3) is 0 Å². The summed E-state index contributed by atoms with van der Waals surface area (Å²) < 4.78 is 35.6. The Bertz CT molecular complexity index is 1040. The van der Waals surface area contributed by atoms with Crippen LogP contribution in [0.4, 0.5) is 8.78 Å². The molecule has 0 saturated carbocycles. The molecule has 2 atom stereocenters. The van der Waals surface area contributed by atoms with Crippen molar-refractivity contribution in [3.05, 3.63) is 95.6 Å². The third kappa shape index (κ3) is 3.31. The lowest BCUT2D eigenvalue weighted by atomic mass is 9.96. The minimum absolute atomic E-state index is 0.0529. The predicted molar refractivity (Wildman–Crippen MR) is 105 cm³/mol. The average molecular weight is 392 g/mol. The van der Waals surface area contributed by atoms with Crippen molar-refractivity contribution in [2.75, 3.05) is 0 Å². The molecule has 5 rings (SSSR count). The molecule has 0 unspecified atom stereocenters. The number of benzene rings is 3. The van der Waals surface area contributed by atoms with Crippen LogP contribution in [0.3, 0.4) is 0 Å². The Balaban J connectivity index is 1.52. The van der Waals surface area contributed by atoms with Crippen LogP contribution in [0.2, 0.25) is 0 Å². The number of hydrogen-bond donors (Lipinski definition) is 0. The van der Waals surface area contributed by atoms with Gasteiger partial charge in [-0.25, -0.2) is 5.01 Å². The van der Waals surface area contributed by atoms with Crippen LogP contribution in [0, 0.1) is 0 Å². The van der Waals surface area contributed by atoms with E-state index in [2.05, 4.69) is 22.9 Å². The highest BCUT2D eigenvalue weighted by atomic mass is 19.3. The molecule has 0 fully saturated rings. The molecular weight excluding hydrogens is 374 g/mol. The van der Waals surface area contributed by atoms with E-state index in [0.717, 1.165) is 34.6 Å². The molecule has 0 bridgehead atoms. The highest BCUT2D eigenvalue weighted by Gasteiger charge is 2.40. The van der Waals surface area contributed by atoms with E-state index in [1.807, 2.05) is 41.4 Å². The van der Waals surface area contributed by atoms with E-state index in [-0.39, 0.29) is 11.8 Å². The summed E-state index contributed by atoms with van der Waals surface area (Å²) in [6.45, 7) is -2.85. The molecule has 3 aromatic carbocycles. The van der Waals surface area contributed by atoms with Crippen molar-refractivity contribution in [2.24, 2.45) is 5.10 Å². The average Bonchev–Trinajstić information content (AvgIpc) is 3.20. The summed E-state index contributed by atoms with van der Waals surface area (Å²) in [4.78, 5) is 0. The number of para-hydroxylation sites is 1. The molecule has 2 aliphatic heterocycles. The van der Waals surface area contributed by atoms with E-state index in [0.29, 0.717) is 0 Å². The van der Waals surface area contributed by atoms with Crippen LogP contribution < -0.4 is 9.47 Å². The first-order valence-corrected chi connectivity index (χ1v) is 9.40. The Morgan fingerprint density at radius 3 is 2.41 bits per heavy atom. The maximum absolute atomic E-state index is 12.4. The van der Waals surface area contributed by atoms with Gasteiger partial charge in [-0.05, 0) is 35.9 Å². The van der Waals surface area contributed by atoms with Crippen molar-refractivity contribution in [2.45, 2.75) is 25.3 Å². The lowest BCUT2D eigenvalue weighted by Crippen LogP contribution is -2.33. The van der Waals surface area contributed by atoms with Crippen LogP contribution in [0.25, 0.3) is 0 Å². The molecule has 4 nitrogen and oxygen atoms in total. The van der Waals surface area contributed by atoms with Gasteiger partial charge in [0.05, 0.1) is 11.8 Å². The second kappa shape index (κ2) is 7.20. The molecule has 29 heavy (non-hydrogen) atoms. The molecule has 0 N–H and O–H groups in total. The first-order chi connectivity index (χ1) is 14.2. The number of nitrogens with zero attached hydrogens (tertiary/aromatic N) is 2. The van der Waals surface area contributed by atoms with Crippen LogP contribution >= 0.6 is 0 Å². The number of halogens is 2. The van der Waals surface area contributed by atoms with Crippen LogP contribution in [-0.4, -0.2) is 17.3 Å². The molecule has 6 heteroatoms. The monoisotopic (exact) mass is 392 g/mol. The molecule has 0 spiro atoms. The van der Waals surface area contributed by atoms with E-state index in [4.69, 9.17) is 9.84 Å². The maximum Gasteiger partial charge on any atom is 0.387 e. The zero-order valence-electron chi connectivity index (χ0n) is 15.4. The van der Waals surface area contributed by atoms with Gasteiger partial charge in [0.15, 0.2) is 0 Å². The van der Waals surface area contributed by atoms with Crippen molar-refractivity contribution in [1.82, 2.24) is 5.01 Å². The topological polar surface area (TPSA) is 34.1 Å². The Hall–Kier alpha value is -3.41. The fourth-order valence-corrected chi connectivity index (χ4v) is 3.87. The van der Waals surface area contributed by atoms with Gasteiger partial charge in [-0.1, -0.05) is 48.5 Å². The van der Waals surface area contributed by atoms with Crippen molar-refractivity contribution < 1.29 is 18.3 Å². The summed E-state index contributed by atoms with van der Waals surface area (Å²) in [5, 5.41) is 6.85. The van der Waals surface area contributed by atoms with Gasteiger partial charge in [-0.3, -0.25) is 0 Å². The number of hydrogen-bond acceptors (Lipinski definition) is 4. The van der Waals surface area contributed by atoms with Crippen molar-refractivity contribution in [3.63, 3.8) is 0 Å². The largest absolute Gasteiger partial charge is 0.464 e. The lowest BCUT2D eigenvalue weighted by molar-refractivity contribution is -0.0499. The fraction of sp³-hybridized carbons (Fsp3) is 0.174. The molecule has 0 amide bonds. The summed E-state index contributed by atoms with van der Waals surface area (Å²) in [6.07, 6.45) is 0.324. The van der Waals surface area contributed by atoms with Crippen molar-refractivity contribution in [1.29, 1.82) is 0 Å². The normalized spacial score (nSPS) is 20.0. The standard InChI is InChI=1S/C23H18F2N2O2/c24-23(25)28-17-12-10-16(11-13-17)22-27-20(18-8-4-5-9-21(18)29-22)14-19(26-27)15-6-2-1-3-7-15/h1-13,20,22-23H,14H2/t20-,22+/m0/s1. The van der Waals surface area contributed by atoms with Crippen LogP contribution in [-0.2, 0) is 0 Å². The van der Waals surface area contributed by atoms with E-state index >= 15 is 0 Å². The third-order valence-corrected chi connectivity index (χ3v) is 5.20. The number of fused-ring (bicyclic) bond motifs is 3. The number of ether oxygens (including phenoxy) is 2. The van der Waals surface area contributed by atoms with Gasteiger partial charge in [0, 0.05) is 17.5 Å². The second-order valence-corrected chi connectivity index (χ2v) is 6.97. The van der Waals surface area contributed by atoms with Gasteiger partial charge in [-0.2, -0.15) is 13.9 Å². The number of alkyl halides is 2. The van der Waals surface area contributed by atoms with Gasteiger partial charge in [0.2, 0.25) is 6.23 Å². The fourth-order valence-electron chi connectivity index (χ4n) is 3.87. The number of hydrazone groups is 1. The van der Waals surface area contributed by atoms with E-state index in [9.17, 15) is 8.78 Å². The summed E-state index contributed by atoms with van der Waals surface area (Å²) in [6, 6.07) is 24.6. The molecular formula is C23H18F2N2O2. The molecule has 146 valence electrons. The smallest absolute Gasteiger partial charge is 0.387 e. The third-order valence-electron chi connectivity index (χ3n) is 5.20. The molecule has 0 saturated heterocycles. The molecule has 3 aromatic rings. The Morgan fingerprint density at radius 1 is 0.931 bits per heavy atom. The molecule has 2 heterocycles. The first kappa shape index (κ1) is 17.7. The minimum Gasteiger partial charge on any atom is -0.464 e. The van der Waals surface area contributed by atoms with E-state index in [1.165, 1.54) is 12.1 Å². The van der Waals surface area contributed by atoms with Gasteiger partial charge < -0.3 is 9.47 Å². The highest BCUT2D eigenvalue weighted by molar-refractivity contribution is 6.01. The Labute approximate surface area is 167 Å². The van der Waals surface area contributed by atoms with E-state index in [1.54, 1.807) is 12.1 Å². The van der Waals surface area contributed by atoms with Crippen LogP contribution in [0.1, 0.15) is 35.4 Å². The number of rotatable bonds is 4. The van der Waals surface area contributed by atoms with Gasteiger partial charge in [-0.15, -0.1) is 0 Å². The van der Waals surface area contributed by atoms with Gasteiger partial charge >= 0.3 is 6.61 Å². The first-order valence-electron chi connectivity index (χ1n) is 9.40. The predicted octanol–water partition coefficient (Wildman–Crippen LogP) is 5.53. The summed E-state index contributed by atoms with van der Waals surface area (Å²) >= 11 is 0. The van der Waals surface area contributed by atoms with Crippen molar-refractivity contribution >= 4 is 5.71 Å². The zero-order chi connectivity index (χ0) is 19.8. The van der Waals surface area contributed by atoms with Crippen molar-refractivity contribution in [3.8, 4) is 11.5 Å². The van der Waals surface area contributed by atoms with E-state index < -0.39 is 12.8 Å². The summed E-state index contributed by atoms with van der Waals surface area (Å²) in [7, 11) is 0. The SMILES string of the molecule is FC(F)Oc1ccc([C@H]2Oc3ccccc3[C@@H]3CC(c4ccccc4)=NN23)cc1. The zero-order valence-corrected chi connectivity index (χ0v) is 15.4.